The van der Waals surface area contributed by atoms with Gasteiger partial charge in [-0.3, -0.25) is 9.59 Å². The van der Waals surface area contributed by atoms with Crippen molar-refractivity contribution in [2.75, 3.05) is 20.3 Å². The van der Waals surface area contributed by atoms with E-state index in [1.807, 2.05) is 0 Å². The molecule has 1 N–H and O–H groups in total. The number of carbonyl (C=O) groups excluding carboxylic acids is 2. The van der Waals surface area contributed by atoms with E-state index in [-0.39, 0.29) is 30.0 Å². The Morgan fingerprint density at radius 1 is 1.31 bits per heavy atom. The van der Waals surface area contributed by atoms with Gasteiger partial charge >= 0.3 is 0 Å². The molecule has 3 rings (SSSR count). The number of ketones is 1. The minimum atomic E-state index is -1.06. The third kappa shape index (κ3) is 3.01. The summed E-state index contributed by atoms with van der Waals surface area (Å²) in [5.41, 5.74) is -0.0850. The molecule has 1 aromatic carbocycles. The number of aliphatic hydroxyl groups is 1. The Balaban J connectivity index is 2.10. The van der Waals surface area contributed by atoms with Gasteiger partial charge in [0.1, 0.15) is 11.6 Å². The van der Waals surface area contributed by atoms with Crippen LogP contribution in [0.4, 0.5) is 4.39 Å². The standard InChI is InChI=1S/C19H18FNO5/c1-11-7-8-14(26-11)17(22)15-16(12-5-3-4-6-13(12)20)21(9-10-25-2)19(24)18(15)23/h3-8,16,23H,9-10H2,1-2H3/t16-/m1/s1. The molecular formula is C19H18FNO5. The summed E-state index contributed by atoms with van der Waals surface area (Å²) in [6.07, 6.45) is 0. The summed E-state index contributed by atoms with van der Waals surface area (Å²) in [7, 11) is 1.46. The fourth-order valence-electron chi connectivity index (χ4n) is 3.02. The average Bonchev–Trinajstić information content (AvgIpc) is 3.16. The summed E-state index contributed by atoms with van der Waals surface area (Å²) in [6.45, 7) is 1.93. The van der Waals surface area contributed by atoms with Gasteiger partial charge in [-0.05, 0) is 25.1 Å². The number of carbonyl (C=O) groups is 2. The summed E-state index contributed by atoms with van der Waals surface area (Å²) in [6, 6.07) is 7.83. The van der Waals surface area contributed by atoms with E-state index in [1.54, 1.807) is 19.1 Å². The maximum atomic E-state index is 14.4. The van der Waals surface area contributed by atoms with Crippen molar-refractivity contribution >= 4 is 11.7 Å². The first-order chi connectivity index (χ1) is 12.5. The second-order valence-corrected chi connectivity index (χ2v) is 5.92. The number of benzene rings is 1. The van der Waals surface area contributed by atoms with Gasteiger partial charge in [0.2, 0.25) is 5.78 Å². The molecule has 0 aliphatic carbocycles. The van der Waals surface area contributed by atoms with Crippen molar-refractivity contribution in [1.29, 1.82) is 0 Å². The highest BCUT2D eigenvalue weighted by molar-refractivity contribution is 6.15. The number of rotatable bonds is 6. The van der Waals surface area contributed by atoms with E-state index < -0.39 is 29.3 Å². The number of nitrogens with zero attached hydrogens (tertiary/aromatic N) is 1. The lowest BCUT2D eigenvalue weighted by molar-refractivity contribution is -0.130. The first-order valence-electron chi connectivity index (χ1n) is 8.04. The van der Waals surface area contributed by atoms with E-state index in [9.17, 15) is 19.1 Å². The Morgan fingerprint density at radius 3 is 2.65 bits per heavy atom. The summed E-state index contributed by atoms with van der Waals surface area (Å²) in [5.74, 6) is -2.20. The fourth-order valence-corrected chi connectivity index (χ4v) is 3.02. The number of aryl methyl sites for hydroxylation is 1. The van der Waals surface area contributed by atoms with Crippen molar-refractivity contribution in [2.45, 2.75) is 13.0 Å². The lowest BCUT2D eigenvalue weighted by Gasteiger charge is -2.26. The molecule has 0 radical (unpaired) electrons. The van der Waals surface area contributed by atoms with Crippen LogP contribution in [0.1, 0.15) is 27.9 Å². The highest BCUT2D eigenvalue weighted by Crippen LogP contribution is 2.39. The van der Waals surface area contributed by atoms with Crippen molar-refractivity contribution in [3.63, 3.8) is 0 Å². The molecule has 2 heterocycles. The van der Waals surface area contributed by atoms with Gasteiger partial charge in [-0.2, -0.15) is 0 Å². The van der Waals surface area contributed by atoms with Gasteiger partial charge in [-0.25, -0.2) is 4.39 Å². The Kier molecular flexibility index (Phi) is 4.90. The van der Waals surface area contributed by atoms with E-state index in [4.69, 9.17) is 9.15 Å². The SMILES string of the molecule is COCCN1C(=O)C(O)=C(C(=O)c2ccc(C)o2)[C@H]1c1ccccc1F. The smallest absolute Gasteiger partial charge is 0.290 e. The van der Waals surface area contributed by atoms with Crippen LogP contribution in [0, 0.1) is 12.7 Å². The Labute approximate surface area is 149 Å². The molecule has 0 saturated carbocycles. The minimum Gasteiger partial charge on any atom is -0.503 e. The molecule has 0 bridgehead atoms. The molecule has 1 aliphatic heterocycles. The largest absolute Gasteiger partial charge is 0.503 e. The number of methoxy groups -OCH3 is 1. The molecule has 1 aromatic heterocycles. The second-order valence-electron chi connectivity index (χ2n) is 5.92. The molecule has 1 atom stereocenters. The van der Waals surface area contributed by atoms with Gasteiger partial charge in [-0.1, -0.05) is 18.2 Å². The number of Topliss-reactive ketones (excluding diaryl/α,β-unsaturated/α-hetero) is 1. The molecule has 7 heteroatoms. The van der Waals surface area contributed by atoms with E-state index in [0.717, 1.165) is 0 Å². The van der Waals surface area contributed by atoms with Gasteiger partial charge < -0.3 is 19.2 Å². The van der Waals surface area contributed by atoms with E-state index in [0.29, 0.717) is 5.76 Å². The molecule has 1 aliphatic rings. The van der Waals surface area contributed by atoms with Crippen LogP contribution in [0.3, 0.4) is 0 Å². The van der Waals surface area contributed by atoms with Crippen LogP contribution in [0.2, 0.25) is 0 Å². The van der Waals surface area contributed by atoms with Crippen LogP contribution in [-0.2, 0) is 9.53 Å². The molecule has 0 fully saturated rings. The Bertz CT molecular complexity index is 886. The summed E-state index contributed by atoms with van der Waals surface area (Å²) < 4.78 is 24.7. The van der Waals surface area contributed by atoms with Crippen molar-refractivity contribution < 1.29 is 28.2 Å². The van der Waals surface area contributed by atoms with Crippen molar-refractivity contribution in [1.82, 2.24) is 4.90 Å². The summed E-state index contributed by atoms with van der Waals surface area (Å²) in [5, 5.41) is 10.4. The van der Waals surface area contributed by atoms with E-state index in [1.165, 1.54) is 36.3 Å². The molecule has 0 saturated heterocycles. The number of hydrogen-bond donors (Lipinski definition) is 1. The number of hydrogen-bond acceptors (Lipinski definition) is 5. The number of aliphatic hydroxyl groups excluding tert-OH is 1. The summed E-state index contributed by atoms with van der Waals surface area (Å²) in [4.78, 5) is 26.6. The Hall–Kier alpha value is -2.93. The molecule has 6 nitrogen and oxygen atoms in total. The third-order valence-electron chi connectivity index (χ3n) is 4.25. The van der Waals surface area contributed by atoms with Crippen LogP contribution in [-0.4, -0.2) is 42.0 Å². The van der Waals surface area contributed by atoms with Crippen LogP contribution in [0.15, 0.2) is 52.1 Å². The monoisotopic (exact) mass is 359 g/mol. The van der Waals surface area contributed by atoms with E-state index >= 15 is 0 Å². The maximum absolute atomic E-state index is 14.4. The highest BCUT2D eigenvalue weighted by atomic mass is 19.1. The first-order valence-corrected chi connectivity index (χ1v) is 8.04. The fraction of sp³-hybridized carbons (Fsp3) is 0.263. The highest BCUT2D eigenvalue weighted by Gasteiger charge is 2.45. The van der Waals surface area contributed by atoms with Crippen molar-refractivity contribution in [3.05, 3.63) is 70.6 Å². The first kappa shape index (κ1) is 17.9. The molecule has 0 unspecified atom stereocenters. The van der Waals surface area contributed by atoms with Gasteiger partial charge in [0.05, 0.1) is 18.2 Å². The number of ether oxygens (including phenoxy) is 1. The summed E-state index contributed by atoms with van der Waals surface area (Å²) >= 11 is 0. The van der Waals surface area contributed by atoms with Crippen molar-refractivity contribution in [3.8, 4) is 0 Å². The predicted molar refractivity (Wildman–Crippen MR) is 90.2 cm³/mol. The lowest BCUT2D eigenvalue weighted by atomic mass is 9.94. The molecule has 26 heavy (non-hydrogen) atoms. The quantitative estimate of drug-likeness (QED) is 0.802. The second kappa shape index (κ2) is 7.13. The van der Waals surface area contributed by atoms with Crippen LogP contribution in [0.5, 0.6) is 0 Å². The lowest BCUT2D eigenvalue weighted by Crippen LogP contribution is -2.34. The maximum Gasteiger partial charge on any atom is 0.290 e. The molecule has 1 amide bonds. The molecular weight excluding hydrogens is 341 g/mol. The zero-order valence-electron chi connectivity index (χ0n) is 14.4. The zero-order chi connectivity index (χ0) is 18.8. The van der Waals surface area contributed by atoms with Crippen molar-refractivity contribution in [2.24, 2.45) is 0 Å². The van der Waals surface area contributed by atoms with Gasteiger partial charge in [0, 0.05) is 19.2 Å². The van der Waals surface area contributed by atoms with Crippen LogP contribution < -0.4 is 0 Å². The van der Waals surface area contributed by atoms with Crippen LogP contribution >= 0.6 is 0 Å². The molecule has 136 valence electrons. The van der Waals surface area contributed by atoms with Crippen LogP contribution in [0.25, 0.3) is 0 Å². The minimum absolute atomic E-state index is 0.0215. The average molecular weight is 359 g/mol. The number of furan rings is 1. The normalized spacial score (nSPS) is 17.3. The number of halogens is 1. The predicted octanol–water partition coefficient (Wildman–Crippen LogP) is 2.95. The third-order valence-corrected chi connectivity index (χ3v) is 4.25. The van der Waals surface area contributed by atoms with Gasteiger partial charge in [-0.15, -0.1) is 0 Å². The van der Waals surface area contributed by atoms with Gasteiger partial charge in [0.25, 0.3) is 5.91 Å². The van der Waals surface area contributed by atoms with Gasteiger partial charge in [0.15, 0.2) is 11.5 Å². The Morgan fingerprint density at radius 2 is 2.04 bits per heavy atom. The zero-order valence-corrected chi connectivity index (χ0v) is 14.4. The molecule has 2 aromatic rings. The van der Waals surface area contributed by atoms with E-state index in [2.05, 4.69) is 0 Å². The topological polar surface area (TPSA) is 80.0 Å². The molecule has 0 spiro atoms. The number of amides is 1.